The van der Waals surface area contributed by atoms with Crippen molar-refractivity contribution in [3.05, 3.63) is 40.5 Å². The summed E-state index contributed by atoms with van der Waals surface area (Å²) in [6.07, 6.45) is 2.38. The molecule has 4 nitrogen and oxygen atoms in total. The fourth-order valence-electron chi connectivity index (χ4n) is 1.84. The van der Waals surface area contributed by atoms with Crippen molar-refractivity contribution < 1.29 is 9.53 Å². The van der Waals surface area contributed by atoms with E-state index in [9.17, 15) is 4.79 Å². The summed E-state index contributed by atoms with van der Waals surface area (Å²) in [7, 11) is 0. The van der Waals surface area contributed by atoms with E-state index in [0.717, 1.165) is 23.1 Å². The lowest BCUT2D eigenvalue weighted by Crippen LogP contribution is -2.26. The Kier molecular flexibility index (Phi) is 7.20. The van der Waals surface area contributed by atoms with Crippen LogP contribution in [0.5, 0.6) is 0 Å². The summed E-state index contributed by atoms with van der Waals surface area (Å²) >= 11 is 0. The maximum atomic E-state index is 12.0. The van der Waals surface area contributed by atoms with Crippen molar-refractivity contribution in [2.24, 2.45) is 0 Å². The van der Waals surface area contributed by atoms with E-state index in [2.05, 4.69) is 5.32 Å². The Morgan fingerprint density at radius 1 is 1.43 bits per heavy atom. The van der Waals surface area contributed by atoms with Crippen molar-refractivity contribution in [1.82, 2.24) is 5.32 Å². The zero-order valence-corrected chi connectivity index (χ0v) is 12.9. The van der Waals surface area contributed by atoms with Crippen LogP contribution in [0.4, 0.5) is 0 Å². The van der Waals surface area contributed by atoms with Crippen LogP contribution >= 0.6 is 0 Å². The van der Waals surface area contributed by atoms with Gasteiger partial charge in [-0.15, -0.1) is 0 Å². The van der Waals surface area contributed by atoms with Crippen molar-refractivity contribution in [3.63, 3.8) is 0 Å². The van der Waals surface area contributed by atoms with Crippen LogP contribution in [0.2, 0.25) is 0 Å². The third-order valence-electron chi connectivity index (χ3n) is 3.05. The Bertz CT molecular complexity index is 556. The topological polar surface area (TPSA) is 62.1 Å². The molecule has 21 heavy (non-hydrogen) atoms. The van der Waals surface area contributed by atoms with E-state index in [1.54, 1.807) is 6.08 Å². The van der Waals surface area contributed by atoms with Crippen molar-refractivity contribution in [1.29, 1.82) is 5.26 Å². The van der Waals surface area contributed by atoms with E-state index in [-0.39, 0.29) is 11.5 Å². The molecule has 0 atom stereocenters. The average molecular weight is 286 g/mol. The number of amides is 1. The molecule has 0 aliphatic carbocycles. The van der Waals surface area contributed by atoms with Gasteiger partial charge in [-0.25, -0.2) is 0 Å². The van der Waals surface area contributed by atoms with Crippen LogP contribution in [-0.2, 0) is 9.53 Å². The molecule has 0 saturated carbocycles. The van der Waals surface area contributed by atoms with Gasteiger partial charge in [0.2, 0.25) is 0 Å². The molecule has 1 aromatic rings. The summed E-state index contributed by atoms with van der Waals surface area (Å²) in [5.74, 6) is -0.338. The van der Waals surface area contributed by atoms with Crippen LogP contribution in [0.3, 0.4) is 0 Å². The molecule has 0 fully saturated rings. The van der Waals surface area contributed by atoms with Crippen molar-refractivity contribution >= 4 is 12.0 Å². The number of rotatable bonds is 7. The molecule has 0 spiro atoms. The number of carbonyl (C=O) groups is 1. The standard InChI is InChI=1S/C17H22N2O2/c1-4-21-9-5-8-19-17(20)16(12-18)11-15-10-13(2)6-7-14(15)3/h6-7,10-11H,4-5,8-9H2,1-3H3,(H,19,20)/b16-11+. The first-order valence-electron chi connectivity index (χ1n) is 7.13. The molecular weight excluding hydrogens is 264 g/mol. The number of nitrogens with zero attached hydrogens (tertiary/aromatic N) is 1. The number of aryl methyl sites for hydroxylation is 2. The predicted octanol–water partition coefficient (Wildman–Crippen LogP) is 2.75. The second-order valence-corrected chi connectivity index (χ2v) is 4.84. The highest BCUT2D eigenvalue weighted by Crippen LogP contribution is 2.14. The molecule has 0 aromatic heterocycles. The third kappa shape index (κ3) is 5.80. The quantitative estimate of drug-likeness (QED) is 0.476. The Labute approximate surface area is 126 Å². The number of hydrogen-bond acceptors (Lipinski definition) is 3. The number of benzene rings is 1. The van der Waals surface area contributed by atoms with Crippen LogP contribution in [0.1, 0.15) is 30.0 Å². The first-order chi connectivity index (χ1) is 10.1. The van der Waals surface area contributed by atoms with E-state index < -0.39 is 0 Å². The molecule has 112 valence electrons. The van der Waals surface area contributed by atoms with Crippen LogP contribution in [0.15, 0.2) is 23.8 Å². The molecule has 0 radical (unpaired) electrons. The van der Waals surface area contributed by atoms with E-state index in [4.69, 9.17) is 10.00 Å². The van der Waals surface area contributed by atoms with Gasteiger partial charge in [0.25, 0.3) is 5.91 Å². The van der Waals surface area contributed by atoms with E-state index >= 15 is 0 Å². The molecule has 0 bridgehead atoms. The highest BCUT2D eigenvalue weighted by Gasteiger charge is 2.09. The number of carbonyl (C=O) groups excluding carboxylic acids is 1. The highest BCUT2D eigenvalue weighted by molar-refractivity contribution is 6.01. The normalized spacial score (nSPS) is 11.0. The zero-order valence-electron chi connectivity index (χ0n) is 12.9. The van der Waals surface area contributed by atoms with Gasteiger partial charge in [0.15, 0.2) is 0 Å². The summed E-state index contributed by atoms with van der Waals surface area (Å²) < 4.78 is 5.20. The lowest BCUT2D eigenvalue weighted by molar-refractivity contribution is -0.117. The van der Waals surface area contributed by atoms with Gasteiger partial charge >= 0.3 is 0 Å². The van der Waals surface area contributed by atoms with Crippen molar-refractivity contribution in [3.8, 4) is 6.07 Å². The molecule has 1 N–H and O–H groups in total. The summed E-state index contributed by atoms with van der Waals surface area (Å²) in [5.41, 5.74) is 3.16. The minimum atomic E-state index is -0.338. The number of nitriles is 1. The monoisotopic (exact) mass is 286 g/mol. The van der Waals surface area contributed by atoms with Gasteiger partial charge in [0.1, 0.15) is 11.6 Å². The molecule has 0 aliphatic rings. The Morgan fingerprint density at radius 2 is 2.19 bits per heavy atom. The van der Waals surface area contributed by atoms with Gasteiger partial charge < -0.3 is 10.1 Å². The van der Waals surface area contributed by atoms with E-state index in [1.165, 1.54) is 0 Å². The third-order valence-corrected chi connectivity index (χ3v) is 3.05. The maximum Gasteiger partial charge on any atom is 0.261 e. The second kappa shape index (κ2) is 8.93. The van der Waals surface area contributed by atoms with Gasteiger partial charge in [-0.1, -0.05) is 23.8 Å². The molecule has 1 amide bonds. The molecule has 0 saturated heterocycles. The lowest BCUT2D eigenvalue weighted by atomic mass is 10.0. The van der Waals surface area contributed by atoms with Gasteiger partial charge in [-0.3, -0.25) is 4.79 Å². The van der Waals surface area contributed by atoms with Crippen molar-refractivity contribution in [2.45, 2.75) is 27.2 Å². The number of nitrogens with one attached hydrogen (secondary N) is 1. The smallest absolute Gasteiger partial charge is 0.261 e. The second-order valence-electron chi connectivity index (χ2n) is 4.84. The zero-order chi connectivity index (χ0) is 15.7. The van der Waals surface area contributed by atoms with Crippen molar-refractivity contribution in [2.75, 3.05) is 19.8 Å². The summed E-state index contributed by atoms with van der Waals surface area (Å²) in [5, 5.41) is 11.9. The predicted molar refractivity (Wildman–Crippen MR) is 83.6 cm³/mol. The van der Waals surface area contributed by atoms with Crippen LogP contribution in [0, 0.1) is 25.2 Å². The molecule has 4 heteroatoms. The fourth-order valence-corrected chi connectivity index (χ4v) is 1.84. The molecular formula is C17H22N2O2. The van der Waals surface area contributed by atoms with Gasteiger partial charge in [-0.2, -0.15) is 5.26 Å². The first kappa shape index (κ1) is 16.9. The summed E-state index contributed by atoms with van der Waals surface area (Å²) in [6, 6.07) is 7.92. The Hall–Kier alpha value is -2.12. The van der Waals surface area contributed by atoms with Gasteiger partial charge in [0.05, 0.1) is 0 Å². The van der Waals surface area contributed by atoms with Crippen LogP contribution in [-0.4, -0.2) is 25.7 Å². The fraction of sp³-hybridized carbons (Fsp3) is 0.412. The molecule has 0 aliphatic heterocycles. The first-order valence-corrected chi connectivity index (χ1v) is 7.13. The summed E-state index contributed by atoms with van der Waals surface area (Å²) in [4.78, 5) is 12.0. The SMILES string of the molecule is CCOCCCNC(=O)/C(C#N)=C/c1cc(C)ccc1C. The minimum absolute atomic E-state index is 0.125. The number of hydrogen-bond donors (Lipinski definition) is 1. The molecule has 1 aromatic carbocycles. The van der Waals surface area contributed by atoms with Crippen LogP contribution < -0.4 is 5.32 Å². The largest absolute Gasteiger partial charge is 0.382 e. The molecule has 1 rings (SSSR count). The van der Waals surface area contributed by atoms with E-state index in [1.807, 2.05) is 45.0 Å². The lowest BCUT2D eigenvalue weighted by Gasteiger charge is -2.06. The Balaban J connectivity index is 2.69. The van der Waals surface area contributed by atoms with E-state index in [0.29, 0.717) is 19.8 Å². The summed E-state index contributed by atoms with van der Waals surface area (Å²) in [6.45, 7) is 7.66. The molecule has 0 heterocycles. The number of ether oxygens (including phenoxy) is 1. The Morgan fingerprint density at radius 3 is 2.86 bits per heavy atom. The van der Waals surface area contributed by atoms with Gasteiger partial charge in [-0.05, 0) is 44.4 Å². The maximum absolute atomic E-state index is 12.0. The minimum Gasteiger partial charge on any atom is -0.382 e. The van der Waals surface area contributed by atoms with Gasteiger partial charge in [0, 0.05) is 19.8 Å². The molecule has 0 unspecified atom stereocenters. The average Bonchev–Trinajstić information content (AvgIpc) is 2.47. The highest BCUT2D eigenvalue weighted by atomic mass is 16.5. The van der Waals surface area contributed by atoms with Crippen LogP contribution in [0.25, 0.3) is 6.08 Å².